The second kappa shape index (κ2) is 5.44. The van der Waals surface area contributed by atoms with E-state index in [1.54, 1.807) is 24.3 Å². The van der Waals surface area contributed by atoms with Crippen molar-refractivity contribution in [2.24, 2.45) is 5.84 Å². The lowest BCUT2D eigenvalue weighted by molar-refractivity contribution is 1.12. The Kier molecular flexibility index (Phi) is 3.72. The first-order chi connectivity index (χ1) is 8.74. The van der Waals surface area contributed by atoms with Crippen LogP contribution < -0.4 is 16.6 Å². The molecule has 7 heteroatoms. The topological polar surface area (TPSA) is 99.6 Å². The van der Waals surface area contributed by atoms with E-state index >= 15 is 0 Å². The molecule has 0 saturated heterocycles. The smallest absolute Gasteiger partial charge is 0.159 e. The van der Waals surface area contributed by atoms with Gasteiger partial charge in [-0.3, -0.25) is 0 Å². The summed E-state index contributed by atoms with van der Waals surface area (Å²) >= 11 is 3.34. The second-order valence-electron chi connectivity index (χ2n) is 3.34. The third-order valence-corrected chi connectivity index (χ3v) is 2.95. The monoisotopic (exact) mass is 304 g/mol. The SMILES string of the molecule is N#Cc1ccc(Nc2ncnc(NN)c2Br)cc1. The number of hydrogen-bond donors (Lipinski definition) is 3. The second-order valence-corrected chi connectivity index (χ2v) is 4.14. The molecule has 1 heterocycles. The standard InChI is InChI=1S/C11H9BrN6/c12-9-10(15-6-16-11(9)18-14)17-8-3-1-7(5-13)2-4-8/h1-4,6H,14H2,(H2,15,16,17,18). The van der Waals surface area contributed by atoms with Crippen LogP contribution in [0.25, 0.3) is 0 Å². The number of nitriles is 1. The molecular weight excluding hydrogens is 296 g/mol. The molecule has 6 nitrogen and oxygen atoms in total. The lowest BCUT2D eigenvalue weighted by Crippen LogP contribution is -2.10. The average molecular weight is 305 g/mol. The van der Waals surface area contributed by atoms with Gasteiger partial charge in [-0.1, -0.05) is 0 Å². The number of rotatable bonds is 3. The van der Waals surface area contributed by atoms with Gasteiger partial charge < -0.3 is 10.7 Å². The molecule has 1 aromatic heterocycles. The molecule has 2 aromatic rings. The van der Waals surface area contributed by atoms with E-state index in [4.69, 9.17) is 11.1 Å². The Hall–Kier alpha value is -2.17. The van der Waals surface area contributed by atoms with E-state index in [2.05, 4.69) is 42.7 Å². The Balaban J connectivity index is 2.26. The first kappa shape index (κ1) is 12.3. The fraction of sp³-hybridized carbons (Fsp3) is 0. The van der Waals surface area contributed by atoms with Gasteiger partial charge in [0, 0.05) is 5.69 Å². The predicted octanol–water partition coefficient (Wildman–Crippen LogP) is 2.14. The molecule has 0 amide bonds. The summed E-state index contributed by atoms with van der Waals surface area (Å²) in [7, 11) is 0. The Morgan fingerprint density at radius 2 is 1.83 bits per heavy atom. The van der Waals surface area contributed by atoms with E-state index in [0.29, 0.717) is 21.7 Å². The summed E-state index contributed by atoms with van der Waals surface area (Å²) in [6, 6.07) is 9.09. The summed E-state index contributed by atoms with van der Waals surface area (Å²) in [6.07, 6.45) is 1.39. The zero-order valence-electron chi connectivity index (χ0n) is 9.18. The highest BCUT2D eigenvalue weighted by Gasteiger charge is 2.07. The van der Waals surface area contributed by atoms with Crippen LogP contribution in [-0.2, 0) is 0 Å². The highest BCUT2D eigenvalue weighted by atomic mass is 79.9. The predicted molar refractivity (Wildman–Crippen MR) is 72.0 cm³/mol. The normalized spacial score (nSPS) is 9.61. The van der Waals surface area contributed by atoms with Crippen molar-refractivity contribution in [1.82, 2.24) is 9.97 Å². The van der Waals surface area contributed by atoms with Crippen molar-refractivity contribution in [1.29, 1.82) is 5.26 Å². The first-order valence-corrected chi connectivity index (χ1v) is 5.78. The summed E-state index contributed by atoms with van der Waals surface area (Å²) in [5.41, 5.74) is 3.88. The van der Waals surface area contributed by atoms with Gasteiger partial charge in [0.05, 0.1) is 11.6 Å². The molecule has 0 saturated carbocycles. The summed E-state index contributed by atoms with van der Waals surface area (Å²) in [4.78, 5) is 8.04. The highest BCUT2D eigenvalue weighted by Crippen LogP contribution is 2.28. The molecular formula is C11H9BrN6. The third kappa shape index (κ3) is 2.56. The molecule has 0 aliphatic heterocycles. The largest absolute Gasteiger partial charge is 0.339 e. The van der Waals surface area contributed by atoms with Crippen molar-refractivity contribution in [3.05, 3.63) is 40.6 Å². The van der Waals surface area contributed by atoms with Gasteiger partial charge in [-0.25, -0.2) is 15.8 Å². The van der Waals surface area contributed by atoms with Crippen molar-refractivity contribution < 1.29 is 0 Å². The van der Waals surface area contributed by atoms with Gasteiger partial charge in [0.15, 0.2) is 5.82 Å². The molecule has 1 aromatic carbocycles. The molecule has 0 aliphatic rings. The van der Waals surface area contributed by atoms with E-state index in [-0.39, 0.29) is 0 Å². The van der Waals surface area contributed by atoms with E-state index in [1.165, 1.54) is 6.33 Å². The molecule has 18 heavy (non-hydrogen) atoms. The maximum Gasteiger partial charge on any atom is 0.159 e. The minimum absolute atomic E-state index is 0.487. The summed E-state index contributed by atoms with van der Waals surface area (Å²) in [5, 5.41) is 11.8. The molecule has 0 fully saturated rings. The number of nitrogens with two attached hydrogens (primary N) is 1. The van der Waals surface area contributed by atoms with Crippen LogP contribution in [-0.4, -0.2) is 9.97 Å². The maximum atomic E-state index is 8.71. The van der Waals surface area contributed by atoms with Gasteiger partial charge in [0.2, 0.25) is 0 Å². The molecule has 0 spiro atoms. The van der Waals surface area contributed by atoms with Gasteiger partial charge in [0.1, 0.15) is 16.6 Å². The van der Waals surface area contributed by atoms with Gasteiger partial charge >= 0.3 is 0 Å². The van der Waals surface area contributed by atoms with E-state index < -0.39 is 0 Å². The number of anilines is 3. The van der Waals surface area contributed by atoms with Crippen LogP contribution in [0.4, 0.5) is 17.3 Å². The van der Waals surface area contributed by atoms with Gasteiger partial charge in [0.25, 0.3) is 0 Å². The van der Waals surface area contributed by atoms with E-state index in [0.717, 1.165) is 5.69 Å². The summed E-state index contributed by atoms with van der Waals surface area (Å²) in [5.74, 6) is 6.39. The molecule has 0 radical (unpaired) electrons. The fourth-order valence-corrected chi connectivity index (χ4v) is 1.74. The quantitative estimate of drug-likeness (QED) is 0.593. The zero-order valence-corrected chi connectivity index (χ0v) is 10.8. The van der Waals surface area contributed by atoms with Gasteiger partial charge in [-0.15, -0.1) is 0 Å². The van der Waals surface area contributed by atoms with Crippen molar-refractivity contribution in [3.8, 4) is 6.07 Å². The Bertz CT molecular complexity index is 589. The van der Waals surface area contributed by atoms with Gasteiger partial charge in [-0.2, -0.15) is 5.26 Å². The average Bonchev–Trinajstić information content (AvgIpc) is 2.42. The molecule has 0 unspecified atom stereocenters. The van der Waals surface area contributed by atoms with Crippen LogP contribution >= 0.6 is 15.9 Å². The zero-order chi connectivity index (χ0) is 13.0. The first-order valence-electron chi connectivity index (χ1n) is 4.99. The van der Waals surface area contributed by atoms with Crippen molar-refractivity contribution in [3.63, 3.8) is 0 Å². The van der Waals surface area contributed by atoms with Crippen LogP contribution in [0.15, 0.2) is 35.1 Å². The third-order valence-electron chi connectivity index (χ3n) is 2.20. The van der Waals surface area contributed by atoms with Crippen LogP contribution in [0.2, 0.25) is 0 Å². The van der Waals surface area contributed by atoms with Crippen molar-refractivity contribution in [2.75, 3.05) is 10.7 Å². The fourth-order valence-electron chi connectivity index (χ4n) is 1.32. The van der Waals surface area contributed by atoms with Crippen LogP contribution in [0.1, 0.15) is 5.56 Å². The minimum Gasteiger partial charge on any atom is -0.339 e. The molecule has 0 atom stereocenters. The van der Waals surface area contributed by atoms with Crippen molar-refractivity contribution in [2.45, 2.75) is 0 Å². The van der Waals surface area contributed by atoms with Crippen LogP contribution in [0.3, 0.4) is 0 Å². The molecule has 90 valence electrons. The number of benzene rings is 1. The number of nitrogens with one attached hydrogen (secondary N) is 2. The summed E-state index contributed by atoms with van der Waals surface area (Å²) < 4.78 is 0.636. The molecule has 0 aliphatic carbocycles. The van der Waals surface area contributed by atoms with E-state index in [9.17, 15) is 0 Å². The molecule has 4 N–H and O–H groups in total. The number of aromatic nitrogens is 2. The number of hydrazine groups is 1. The molecule has 2 rings (SSSR count). The minimum atomic E-state index is 0.487. The highest BCUT2D eigenvalue weighted by molar-refractivity contribution is 9.10. The maximum absolute atomic E-state index is 8.71. The number of nitrogens with zero attached hydrogens (tertiary/aromatic N) is 3. The van der Waals surface area contributed by atoms with Crippen LogP contribution in [0.5, 0.6) is 0 Å². The van der Waals surface area contributed by atoms with Gasteiger partial charge in [-0.05, 0) is 40.2 Å². The lowest BCUT2D eigenvalue weighted by atomic mass is 10.2. The lowest BCUT2D eigenvalue weighted by Gasteiger charge is -2.09. The van der Waals surface area contributed by atoms with Crippen LogP contribution in [0, 0.1) is 11.3 Å². The molecule has 0 bridgehead atoms. The number of nitrogen functional groups attached to an aromatic ring is 1. The Morgan fingerprint density at radius 3 is 2.44 bits per heavy atom. The van der Waals surface area contributed by atoms with Crippen molar-refractivity contribution >= 4 is 33.3 Å². The Labute approximate surface area is 112 Å². The van der Waals surface area contributed by atoms with E-state index in [1.807, 2.05) is 0 Å². The Morgan fingerprint density at radius 1 is 1.17 bits per heavy atom. The number of halogens is 1. The summed E-state index contributed by atoms with van der Waals surface area (Å²) in [6.45, 7) is 0. The number of hydrogen-bond acceptors (Lipinski definition) is 6.